The summed E-state index contributed by atoms with van der Waals surface area (Å²) in [6, 6.07) is 0. The number of alkyl halides is 1. The summed E-state index contributed by atoms with van der Waals surface area (Å²) in [6.07, 6.45) is 4.73. The third kappa shape index (κ3) is 2.84. The second-order valence-electron chi connectivity index (χ2n) is 4.21. The van der Waals surface area contributed by atoms with Gasteiger partial charge in [0.2, 0.25) is 5.88 Å². The van der Waals surface area contributed by atoms with Crippen LogP contribution < -0.4 is 9.64 Å². The van der Waals surface area contributed by atoms with E-state index in [2.05, 4.69) is 30.8 Å². The molecule has 5 heteroatoms. The van der Waals surface area contributed by atoms with Gasteiger partial charge in [-0.1, -0.05) is 15.9 Å². The quantitative estimate of drug-likeness (QED) is 0.799. The number of aromatic nitrogens is 2. The first-order valence-electron chi connectivity index (χ1n) is 5.53. The maximum absolute atomic E-state index is 5.53. The van der Waals surface area contributed by atoms with Crippen molar-refractivity contribution in [2.45, 2.75) is 31.2 Å². The molecular formula is C11H16BrN3O. The Balaban J connectivity index is 2.09. The van der Waals surface area contributed by atoms with Gasteiger partial charge in [-0.15, -0.1) is 0 Å². The fourth-order valence-corrected chi connectivity index (χ4v) is 2.27. The Bertz CT molecular complexity index is 359. The van der Waals surface area contributed by atoms with Crippen LogP contribution in [-0.4, -0.2) is 34.0 Å². The van der Waals surface area contributed by atoms with Gasteiger partial charge in [0.25, 0.3) is 0 Å². The molecule has 1 fully saturated rings. The van der Waals surface area contributed by atoms with E-state index in [9.17, 15) is 0 Å². The van der Waals surface area contributed by atoms with E-state index < -0.39 is 0 Å². The van der Waals surface area contributed by atoms with Crippen LogP contribution in [0.1, 0.15) is 20.3 Å². The molecular weight excluding hydrogens is 270 g/mol. The number of rotatable bonds is 3. The van der Waals surface area contributed by atoms with Gasteiger partial charge in [0.05, 0.1) is 18.5 Å². The first kappa shape index (κ1) is 11.6. The lowest BCUT2D eigenvalue weighted by Crippen LogP contribution is -2.21. The summed E-state index contributed by atoms with van der Waals surface area (Å²) in [6.45, 7) is 5.98. The molecule has 16 heavy (non-hydrogen) atoms. The predicted molar refractivity (Wildman–Crippen MR) is 67.3 cm³/mol. The molecule has 1 saturated heterocycles. The highest BCUT2D eigenvalue weighted by molar-refractivity contribution is 9.09. The first-order valence-corrected chi connectivity index (χ1v) is 6.44. The van der Waals surface area contributed by atoms with Gasteiger partial charge in [0.15, 0.2) is 5.82 Å². The summed E-state index contributed by atoms with van der Waals surface area (Å²) in [7, 11) is 0. The van der Waals surface area contributed by atoms with Crippen LogP contribution in [0.4, 0.5) is 5.82 Å². The first-order chi connectivity index (χ1) is 7.65. The van der Waals surface area contributed by atoms with Crippen molar-refractivity contribution in [1.29, 1.82) is 0 Å². The molecule has 1 atom stereocenters. The summed E-state index contributed by atoms with van der Waals surface area (Å²) in [5.41, 5.74) is 0. The summed E-state index contributed by atoms with van der Waals surface area (Å²) < 4.78 is 5.53. The van der Waals surface area contributed by atoms with E-state index in [-0.39, 0.29) is 6.10 Å². The van der Waals surface area contributed by atoms with E-state index in [4.69, 9.17) is 4.74 Å². The van der Waals surface area contributed by atoms with Crippen molar-refractivity contribution in [3.63, 3.8) is 0 Å². The average Bonchev–Trinajstić information content (AvgIpc) is 2.64. The molecule has 0 amide bonds. The lowest BCUT2D eigenvalue weighted by Gasteiger charge is -2.17. The van der Waals surface area contributed by atoms with Gasteiger partial charge in [-0.25, -0.2) is 0 Å². The molecule has 0 radical (unpaired) electrons. The van der Waals surface area contributed by atoms with Crippen molar-refractivity contribution in [1.82, 2.24) is 9.97 Å². The molecule has 1 aliphatic rings. The number of hydrogen-bond donors (Lipinski definition) is 0. The van der Waals surface area contributed by atoms with Crippen LogP contribution >= 0.6 is 15.9 Å². The zero-order valence-corrected chi connectivity index (χ0v) is 11.1. The largest absolute Gasteiger partial charge is 0.474 e. The minimum atomic E-state index is 0.132. The van der Waals surface area contributed by atoms with Crippen LogP contribution in [0.15, 0.2) is 12.4 Å². The second-order valence-corrected chi connectivity index (χ2v) is 5.51. The van der Waals surface area contributed by atoms with Crippen molar-refractivity contribution in [3.05, 3.63) is 12.4 Å². The summed E-state index contributed by atoms with van der Waals surface area (Å²) >= 11 is 3.61. The van der Waals surface area contributed by atoms with Gasteiger partial charge >= 0.3 is 0 Å². The van der Waals surface area contributed by atoms with Gasteiger partial charge in [0, 0.05) is 17.9 Å². The fraction of sp³-hybridized carbons (Fsp3) is 0.636. The highest BCUT2D eigenvalue weighted by atomic mass is 79.9. The predicted octanol–water partition coefficient (Wildman–Crippen LogP) is 2.24. The smallest absolute Gasteiger partial charge is 0.234 e. The lowest BCUT2D eigenvalue weighted by atomic mass is 10.4. The molecule has 0 N–H and O–H groups in total. The molecule has 0 spiro atoms. The minimum absolute atomic E-state index is 0.132. The molecule has 1 aliphatic heterocycles. The molecule has 0 aliphatic carbocycles. The van der Waals surface area contributed by atoms with Gasteiger partial charge in [-0.05, 0) is 20.3 Å². The van der Waals surface area contributed by atoms with Crippen molar-refractivity contribution < 1.29 is 4.74 Å². The third-order valence-electron chi connectivity index (χ3n) is 2.41. The number of nitrogens with zero attached hydrogens (tertiary/aromatic N) is 3. The number of anilines is 1. The Morgan fingerprint density at radius 3 is 2.94 bits per heavy atom. The molecule has 1 aromatic rings. The van der Waals surface area contributed by atoms with Crippen LogP contribution in [0.3, 0.4) is 0 Å². The van der Waals surface area contributed by atoms with E-state index in [1.165, 1.54) is 0 Å². The molecule has 1 unspecified atom stereocenters. The SMILES string of the molecule is CC(C)Oc1cncc(N2CCC(Br)C2)n1. The van der Waals surface area contributed by atoms with E-state index in [0.29, 0.717) is 10.7 Å². The summed E-state index contributed by atoms with van der Waals surface area (Å²) in [5.74, 6) is 1.51. The molecule has 2 rings (SSSR count). The Kier molecular flexibility index (Phi) is 3.63. The lowest BCUT2D eigenvalue weighted by molar-refractivity contribution is 0.231. The van der Waals surface area contributed by atoms with Crippen molar-refractivity contribution in [2.75, 3.05) is 18.0 Å². The van der Waals surface area contributed by atoms with Crippen LogP contribution in [0.2, 0.25) is 0 Å². The topological polar surface area (TPSA) is 38.2 Å². The van der Waals surface area contributed by atoms with Gasteiger partial charge in [-0.3, -0.25) is 4.98 Å². The Morgan fingerprint density at radius 2 is 2.31 bits per heavy atom. The van der Waals surface area contributed by atoms with Crippen molar-refractivity contribution in [3.8, 4) is 5.88 Å². The van der Waals surface area contributed by atoms with Crippen LogP contribution in [0, 0.1) is 0 Å². The fourth-order valence-electron chi connectivity index (χ4n) is 1.71. The average molecular weight is 286 g/mol. The normalized spacial score (nSPS) is 20.5. The molecule has 88 valence electrons. The number of halogens is 1. The highest BCUT2D eigenvalue weighted by Gasteiger charge is 2.21. The second kappa shape index (κ2) is 4.99. The standard InChI is InChI=1S/C11H16BrN3O/c1-8(2)16-11-6-13-5-10(14-11)15-4-3-9(12)7-15/h5-6,8-9H,3-4,7H2,1-2H3. The van der Waals surface area contributed by atoms with Crippen molar-refractivity contribution >= 4 is 21.7 Å². The van der Waals surface area contributed by atoms with Gasteiger partial charge in [0.1, 0.15) is 0 Å². The molecule has 1 aromatic heterocycles. The summed E-state index contributed by atoms with van der Waals surface area (Å²) in [5, 5.41) is 0. The third-order valence-corrected chi connectivity index (χ3v) is 3.16. The Labute approximate surface area is 104 Å². The molecule has 2 heterocycles. The maximum Gasteiger partial charge on any atom is 0.234 e. The molecule has 0 aromatic carbocycles. The zero-order chi connectivity index (χ0) is 11.5. The summed E-state index contributed by atoms with van der Waals surface area (Å²) in [4.78, 5) is 11.4. The highest BCUT2D eigenvalue weighted by Crippen LogP contribution is 2.23. The molecule has 0 saturated carbocycles. The zero-order valence-electron chi connectivity index (χ0n) is 9.56. The number of hydrogen-bond acceptors (Lipinski definition) is 4. The monoisotopic (exact) mass is 285 g/mol. The van der Waals surface area contributed by atoms with E-state index in [1.807, 2.05) is 13.8 Å². The minimum Gasteiger partial charge on any atom is -0.474 e. The molecule has 4 nitrogen and oxygen atoms in total. The van der Waals surface area contributed by atoms with E-state index in [1.54, 1.807) is 12.4 Å². The van der Waals surface area contributed by atoms with Gasteiger partial charge < -0.3 is 9.64 Å². The Morgan fingerprint density at radius 1 is 1.50 bits per heavy atom. The van der Waals surface area contributed by atoms with E-state index >= 15 is 0 Å². The maximum atomic E-state index is 5.53. The van der Waals surface area contributed by atoms with Gasteiger partial charge in [-0.2, -0.15) is 4.98 Å². The van der Waals surface area contributed by atoms with Crippen molar-refractivity contribution in [2.24, 2.45) is 0 Å². The van der Waals surface area contributed by atoms with Crippen LogP contribution in [-0.2, 0) is 0 Å². The Hall–Kier alpha value is -0.840. The number of ether oxygens (including phenoxy) is 1. The molecule has 0 bridgehead atoms. The van der Waals surface area contributed by atoms with E-state index in [0.717, 1.165) is 25.3 Å². The van der Waals surface area contributed by atoms with Crippen LogP contribution in [0.25, 0.3) is 0 Å². The van der Waals surface area contributed by atoms with Crippen LogP contribution in [0.5, 0.6) is 5.88 Å².